The second-order valence-electron chi connectivity index (χ2n) is 5.99. The average molecular weight is 418 g/mol. The summed E-state index contributed by atoms with van der Waals surface area (Å²) in [5, 5.41) is 12.8. The molecule has 0 spiro atoms. The summed E-state index contributed by atoms with van der Waals surface area (Å²) in [5.41, 5.74) is 1.95. The number of aromatic nitrogens is 1. The molecule has 2 N–H and O–H groups in total. The van der Waals surface area contributed by atoms with Crippen molar-refractivity contribution in [2.45, 2.75) is 13.5 Å². The van der Waals surface area contributed by atoms with Gasteiger partial charge < -0.3 is 15.3 Å². The van der Waals surface area contributed by atoms with Gasteiger partial charge in [0.15, 0.2) is 15.8 Å². The minimum Gasteiger partial charge on any atom is -0.508 e. The second kappa shape index (κ2) is 8.85. The third-order valence-corrected chi connectivity index (χ3v) is 5.34. The number of anilines is 2. The van der Waals surface area contributed by atoms with Gasteiger partial charge in [-0.05, 0) is 24.6 Å². The zero-order chi connectivity index (χ0) is 20.1. The van der Waals surface area contributed by atoms with Gasteiger partial charge >= 0.3 is 0 Å². The Kier molecular flexibility index (Phi) is 6.27. The highest BCUT2D eigenvalue weighted by molar-refractivity contribution is 7.72. The van der Waals surface area contributed by atoms with Crippen LogP contribution in [0.3, 0.4) is 0 Å². The van der Waals surface area contributed by atoms with Crippen molar-refractivity contribution in [2.24, 2.45) is 0 Å². The molecule has 9 heteroatoms. The van der Waals surface area contributed by atoms with Crippen molar-refractivity contribution < 1.29 is 18.3 Å². The van der Waals surface area contributed by atoms with Crippen molar-refractivity contribution in [3.8, 4) is 5.75 Å². The maximum absolute atomic E-state index is 12.3. The highest BCUT2D eigenvalue weighted by atomic mass is 32.2. The van der Waals surface area contributed by atoms with E-state index in [1.54, 1.807) is 25.1 Å². The van der Waals surface area contributed by atoms with Crippen LogP contribution >= 0.6 is 11.3 Å². The molecule has 0 aliphatic carbocycles. The van der Waals surface area contributed by atoms with Crippen molar-refractivity contribution >= 4 is 38.8 Å². The first kappa shape index (κ1) is 19.8. The Morgan fingerprint density at radius 2 is 1.93 bits per heavy atom. The Morgan fingerprint density at radius 3 is 2.61 bits per heavy atom. The first-order chi connectivity index (χ1) is 13.4. The lowest BCUT2D eigenvalue weighted by Crippen LogP contribution is -2.26. The Morgan fingerprint density at radius 1 is 1.18 bits per heavy atom. The van der Waals surface area contributed by atoms with Gasteiger partial charge in [-0.3, -0.25) is 4.79 Å². The third kappa shape index (κ3) is 4.87. The van der Waals surface area contributed by atoms with Gasteiger partial charge in [0.05, 0.1) is 6.54 Å². The number of nitrogens with zero attached hydrogens (tertiary/aromatic N) is 2. The number of amides is 1. The fourth-order valence-electron chi connectivity index (χ4n) is 2.62. The smallest absolute Gasteiger partial charge is 0.271 e. The molecule has 0 bridgehead atoms. The van der Waals surface area contributed by atoms with Gasteiger partial charge in [-0.25, -0.2) is 13.4 Å². The number of phenols is 1. The van der Waals surface area contributed by atoms with Gasteiger partial charge in [0.1, 0.15) is 17.3 Å². The molecule has 0 saturated carbocycles. The molecule has 146 valence electrons. The fraction of sp³-hybridized carbons (Fsp3) is 0.158. The van der Waals surface area contributed by atoms with E-state index >= 15 is 0 Å². The topological polar surface area (TPSA) is 99.6 Å². The van der Waals surface area contributed by atoms with E-state index in [1.807, 2.05) is 41.3 Å². The molecular formula is C19H19N3O4S2. The first-order valence-corrected chi connectivity index (χ1v) is 10.6. The SMILES string of the molecule is Cc1sc(N(Cc2ccccc2)c2cccc(O)c2)nc1C(=O)NC[SH](=O)=O. The molecule has 1 amide bonds. The number of thiazole rings is 1. The minimum atomic E-state index is -2.71. The van der Waals surface area contributed by atoms with Crippen LogP contribution < -0.4 is 10.2 Å². The van der Waals surface area contributed by atoms with Crippen molar-refractivity contribution in [2.75, 3.05) is 10.8 Å². The predicted molar refractivity (Wildman–Crippen MR) is 110 cm³/mol. The third-order valence-electron chi connectivity index (χ3n) is 3.92. The van der Waals surface area contributed by atoms with Crippen molar-refractivity contribution in [1.82, 2.24) is 10.3 Å². The molecule has 0 saturated heterocycles. The first-order valence-electron chi connectivity index (χ1n) is 8.42. The van der Waals surface area contributed by atoms with Crippen molar-refractivity contribution in [3.63, 3.8) is 0 Å². The highest BCUT2D eigenvalue weighted by Gasteiger charge is 2.20. The van der Waals surface area contributed by atoms with E-state index in [0.29, 0.717) is 16.6 Å². The standard InChI is InChI=1S/C19H19N3O4S2/c1-13-17(18(24)20-12-28(25)26)21-19(27-13)22(11-14-6-3-2-4-7-14)15-8-5-9-16(23)10-15/h2-10,23,28H,11-12H2,1H3,(H,20,24). The molecule has 0 fully saturated rings. The molecule has 7 nitrogen and oxygen atoms in total. The molecule has 2 aromatic carbocycles. The summed E-state index contributed by atoms with van der Waals surface area (Å²) in [4.78, 5) is 19.3. The molecule has 0 atom stereocenters. The number of aromatic hydroxyl groups is 1. The van der Waals surface area contributed by atoms with Crippen LogP contribution in [0.5, 0.6) is 5.75 Å². The number of phenolic OH excluding ortho intramolecular Hbond substituents is 1. The average Bonchev–Trinajstić information content (AvgIpc) is 3.06. The largest absolute Gasteiger partial charge is 0.508 e. The summed E-state index contributed by atoms with van der Waals surface area (Å²) in [7, 11) is -2.71. The summed E-state index contributed by atoms with van der Waals surface area (Å²) in [5.74, 6) is -0.836. The van der Waals surface area contributed by atoms with E-state index in [9.17, 15) is 18.3 Å². The van der Waals surface area contributed by atoms with Crippen molar-refractivity contribution in [3.05, 3.63) is 70.7 Å². The van der Waals surface area contributed by atoms with E-state index < -0.39 is 22.5 Å². The molecule has 0 aliphatic rings. The van der Waals surface area contributed by atoms with E-state index in [-0.39, 0.29) is 11.4 Å². The molecule has 3 rings (SSSR count). The summed E-state index contributed by atoms with van der Waals surface area (Å²) in [6.45, 7) is 2.25. The van der Waals surface area contributed by atoms with Crippen LogP contribution in [0.1, 0.15) is 20.9 Å². The van der Waals surface area contributed by atoms with Crippen molar-refractivity contribution in [1.29, 1.82) is 0 Å². The van der Waals surface area contributed by atoms with Crippen LogP contribution in [0.4, 0.5) is 10.8 Å². The molecule has 0 aliphatic heterocycles. The maximum atomic E-state index is 12.3. The van der Waals surface area contributed by atoms with Crippen LogP contribution in [-0.4, -0.2) is 30.3 Å². The lowest BCUT2D eigenvalue weighted by Gasteiger charge is -2.22. The van der Waals surface area contributed by atoms with Gasteiger partial charge in [0.25, 0.3) is 5.91 Å². The number of carbonyl (C=O) groups is 1. The quantitative estimate of drug-likeness (QED) is 0.511. The molecule has 3 aromatic rings. The predicted octanol–water partition coefficient (Wildman–Crippen LogP) is 2.79. The van der Waals surface area contributed by atoms with Crippen LogP contribution in [0, 0.1) is 6.92 Å². The van der Waals surface area contributed by atoms with Crippen LogP contribution in [0.25, 0.3) is 0 Å². The Hall–Kier alpha value is -2.91. The fourth-order valence-corrected chi connectivity index (χ4v) is 3.82. The summed E-state index contributed by atoms with van der Waals surface area (Å²) in [6.07, 6.45) is 0. The summed E-state index contributed by atoms with van der Waals surface area (Å²) in [6, 6.07) is 16.6. The van der Waals surface area contributed by atoms with E-state index in [4.69, 9.17) is 0 Å². The monoisotopic (exact) mass is 417 g/mol. The molecule has 0 radical (unpaired) electrons. The van der Waals surface area contributed by atoms with Crippen LogP contribution in [0.15, 0.2) is 54.6 Å². The number of hydrogen-bond donors (Lipinski definition) is 3. The van der Waals surface area contributed by atoms with Gasteiger partial charge in [0.2, 0.25) is 0 Å². The number of hydrogen-bond acceptors (Lipinski definition) is 7. The van der Waals surface area contributed by atoms with Gasteiger partial charge in [-0.2, -0.15) is 0 Å². The molecule has 1 heterocycles. The van der Waals surface area contributed by atoms with Gasteiger partial charge in [-0.1, -0.05) is 36.4 Å². The normalized spacial score (nSPS) is 10.8. The summed E-state index contributed by atoms with van der Waals surface area (Å²) < 4.78 is 21.5. The molecule has 0 unspecified atom stereocenters. The van der Waals surface area contributed by atoms with E-state index in [0.717, 1.165) is 11.3 Å². The molecule has 1 aromatic heterocycles. The number of rotatable bonds is 7. The van der Waals surface area contributed by atoms with E-state index in [1.165, 1.54) is 11.3 Å². The zero-order valence-corrected chi connectivity index (χ0v) is 16.7. The second-order valence-corrected chi connectivity index (χ2v) is 8.15. The Labute approximate surface area is 168 Å². The minimum absolute atomic E-state index is 0.126. The highest BCUT2D eigenvalue weighted by Crippen LogP contribution is 2.34. The lowest BCUT2D eigenvalue weighted by atomic mass is 10.2. The maximum Gasteiger partial charge on any atom is 0.271 e. The van der Waals surface area contributed by atoms with Gasteiger partial charge in [-0.15, -0.1) is 11.3 Å². The Bertz CT molecular complexity index is 1040. The number of carbonyl (C=O) groups excluding carboxylic acids is 1. The van der Waals surface area contributed by atoms with Crippen LogP contribution in [0.2, 0.25) is 0 Å². The number of benzene rings is 2. The number of aryl methyl sites for hydroxylation is 1. The van der Waals surface area contributed by atoms with Gasteiger partial charge in [0, 0.05) is 16.6 Å². The number of thiol groups is 1. The Balaban J connectivity index is 1.96. The summed E-state index contributed by atoms with van der Waals surface area (Å²) >= 11 is 1.33. The number of nitrogens with one attached hydrogen (secondary N) is 1. The lowest BCUT2D eigenvalue weighted by molar-refractivity contribution is 0.0955. The zero-order valence-electron chi connectivity index (χ0n) is 15.0. The molecular weight excluding hydrogens is 398 g/mol. The van der Waals surface area contributed by atoms with E-state index in [2.05, 4.69) is 10.3 Å². The van der Waals surface area contributed by atoms with Crippen LogP contribution in [-0.2, 0) is 17.2 Å². The molecule has 28 heavy (non-hydrogen) atoms.